The Morgan fingerprint density at radius 2 is 1.88 bits per heavy atom. The molecule has 0 bridgehead atoms. The van der Waals surface area contributed by atoms with Crippen LogP contribution < -0.4 is 5.32 Å². The molecule has 4 nitrogen and oxygen atoms in total. The minimum absolute atomic E-state index is 0.115. The maximum atomic E-state index is 11.8. The molecule has 1 rings (SSSR count). The van der Waals surface area contributed by atoms with Crippen molar-refractivity contribution in [3.63, 3.8) is 0 Å². The summed E-state index contributed by atoms with van der Waals surface area (Å²) < 4.78 is 0. The normalized spacial score (nSPS) is 17.5. The van der Waals surface area contributed by atoms with Gasteiger partial charge in [0.15, 0.2) is 0 Å². The highest BCUT2D eigenvalue weighted by molar-refractivity contribution is 5.74. The number of nitrogens with zero attached hydrogens (tertiary/aromatic N) is 2. The van der Waals surface area contributed by atoms with Crippen LogP contribution >= 0.6 is 0 Å². The van der Waals surface area contributed by atoms with E-state index in [1.807, 2.05) is 4.90 Å². The minimum atomic E-state index is 0.115. The van der Waals surface area contributed by atoms with Gasteiger partial charge in [-0.15, -0.1) is 0 Å². The van der Waals surface area contributed by atoms with E-state index in [9.17, 15) is 4.79 Å². The number of piperazine rings is 1. The molecule has 0 aromatic carbocycles. The van der Waals surface area contributed by atoms with E-state index in [1.54, 1.807) is 0 Å². The van der Waals surface area contributed by atoms with E-state index in [2.05, 4.69) is 31.0 Å². The molecule has 1 heterocycles. The molecule has 2 amide bonds. The Hall–Kier alpha value is -0.770. The molecular weight excluding hydrogens is 214 g/mol. The Bertz CT molecular complexity index is 223. The van der Waals surface area contributed by atoms with Gasteiger partial charge in [0.1, 0.15) is 0 Å². The van der Waals surface area contributed by atoms with E-state index in [0.29, 0.717) is 0 Å². The molecule has 0 radical (unpaired) electrons. The molecule has 1 fully saturated rings. The molecule has 1 saturated heterocycles. The van der Waals surface area contributed by atoms with Gasteiger partial charge >= 0.3 is 6.03 Å². The number of hydrogen-bond donors (Lipinski definition) is 1. The van der Waals surface area contributed by atoms with E-state index in [4.69, 9.17) is 0 Å². The Balaban J connectivity index is 2.12. The van der Waals surface area contributed by atoms with Crippen LogP contribution in [0.1, 0.15) is 33.6 Å². The zero-order chi connectivity index (χ0) is 12.7. The van der Waals surface area contributed by atoms with Crippen molar-refractivity contribution in [1.29, 1.82) is 0 Å². The Kier molecular flexibility index (Phi) is 6.34. The number of carbonyl (C=O) groups excluding carboxylic acids is 1. The molecular formula is C13H27N3O. The molecule has 0 aliphatic carbocycles. The quantitative estimate of drug-likeness (QED) is 0.745. The smallest absolute Gasteiger partial charge is 0.317 e. The fraction of sp³-hybridized carbons (Fsp3) is 0.923. The van der Waals surface area contributed by atoms with Crippen LogP contribution in [-0.4, -0.2) is 55.1 Å². The zero-order valence-corrected chi connectivity index (χ0v) is 11.5. The van der Waals surface area contributed by atoms with Crippen LogP contribution in [0.5, 0.6) is 0 Å². The summed E-state index contributed by atoms with van der Waals surface area (Å²) in [5.41, 5.74) is 0. The summed E-state index contributed by atoms with van der Waals surface area (Å²) in [6.45, 7) is 12.2. The van der Waals surface area contributed by atoms with E-state index < -0.39 is 0 Å². The van der Waals surface area contributed by atoms with Gasteiger partial charge in [-0.25, -0.2) is 4.79 Å². The molecule has 4 heteroatoms. The van der Waals surface area contributed by atoms with Crippen LogP contribution in [0.3, 0.4) is 0 Å². The van der Waals surface area contributed by atoms with Gasteiger partial charge in [0.25, 0.3) is 0 Å². The van der Waals surface area contributed by atoms with E-state index >= 15 is 0 Å². The van der Waals surface area contributed by atoms with Crippen molar-refractivity contribution in [3.8, 4) is 0 Å². The first kappa shape index (κ1) is 14.3. The van der Waals surface area contributed by atoms with Crippen molar-refractivity contribution in [2.24, 2.45) is 5.92 Å². The molecule has 0 unspecified atom stereocenters. The Morgan fingerprint density at radius 1 is 1.24 bits per heavy atom. The number of urea groups is 1. The second-order valence-electron chi connectivity index (χ2n) is 5.19. The molecule has 0 saturated carbocycles. The molecule has 0 aromatic heterocycles. The molecule has 0 atom stereocenters. The Morgan fingerprint density at radius 3 is 2.41 bits per heavy atom. The topological polar surface area (TPSA) is 35.6 Å². The lowest BCUT2D eigenvalue weighted by Gasteiger charge is -2.34. The van der Waals surface area contributed by atoms with Gasteiger partial charge in [-0.05, 0) is 25.3 Å². The highest BCUT2D eigenvalue weighted by atomic mass is 16.2. The molecule has 17 heavy (non-hydrogen) atoms. The van der Waals surface area contributed by atoms with Crippen LogP contribution in [0.25, 0.3) is 0 Å². The average Bonchev–Trinajstić information content (AvgIpc) is 2.34. The third kappa shape index (κ3) is 5.39. The summed E-state index contributed by atoms with van der Waals surface area (Å²) >= 11 is 0. The number of hydrogen-bond acceptors (Lipinski definition) is 2. The van der Waals surface area contributed by atoms with Gasteiger partial charge in [0.2, 0.25) is 0 Å². The van der Waals surface area contributed by atoms with Gasteiger partial charge in [0.05, 0.1) is 0 Å². The number of carbonyl (C=O) groups is 1. The first-order chi connectivity index (χ1) is 8.13. The van der Waals surface area contributed by atoms with Crippen LogP contribution in [0.4, 0.5) is 4.79 Å². The van der Waals surface area contributed by atoms with Crippen molar-refractivity contribution < 1.29 is 4.79 Å². The third-order valence-corrected chi connectivity index (χ3v) is 3.34. The van der Waals surface area contributed by atoms with E-state index in [-0.39, 0.29) is 6.03 Å². The monoisotopic (exact) mass is 241 g/mol. The average molecular weight is 241 g/mol. The van der Waals surface area contributed by atoms with E-state index in [0.717, 1.165) is 51.6 Å². The van der Waals surface area contributed by atoms with Crippen molar-refractivity contribution in [1.82, 2.24) is 15.1 Å². The maximum absolute atomic E-state index is 11.8. The second kappa shape index (κ2) is 7.54. The predicted molar refractivity (Wildman–Crippen MR) is 71.2 cm³/mol. The summed E-state index contributed by atoms with van der Waals surface area (Å²) in [5.74, 6) is 0.722. The van der Waals surface area contributed by atoms with Crippen LogP contribution in [0.2, 0.25) is 0 Å². The fourth-order valence-corrected chi connectivity index (χ4v) is 2.08. The number of nitrogens with one attached hydrogen (secondary N) is 1. The fourth-order valence-electron chi connectivity index (χ4n) is 2.08. The molecule has 0 aromatic rings. The summed E-state index contributed by atoms with van der Waals surface area (Å²) in [4.78, 5) is 16.1. The lowest BCUT2D eigenvalue weighted by molar-refractivity contribution is 0.143. The predicted octanol–water partition coefficient (Wildman–Crippen LogP) is 1.77. The largest absolute Gasteiger partial charge is 0.338 e. The summed E-state index contributed by atoms with van der Waals surface area (Å²) in [6, 6.07) is 0.115. The van der Waals surface area contributed by atoms with Crippen LogP contribution in [-0.2, 0) is 0 Å². The first-order valence-electron chi connectivity index (χ1n) is 6.88. The lowest BCUT2D eigenvalue weighted by Crippen LogP contribution is -2.51. The summed E-state index contributed by atoms with van der Waals surface area (Å²) in [6.07, 6.45) is 2.27. The standard InChI is InChI=1S/C13H27N3O/c1-4-15-8-10-16(11-9-15)13(17)14-7-5-6-12(2)3/h12H,4-11H2,1-3H3,(H,14,17). The number of likely N-dealkylation sites (N-methyl/N-ethyl adjacent to an activating group) is 1. The third-order valence-electron chi connectivity index (χ3n) is 3.34. The first-order valence-corrected chi connectivity index (χ1v) is 6.88. The zero-order valence-electron chi connectivity index (χ0n) is 11.5. The van der Waals surface area contributed by atoms with Crippen molar-refractivity contribution in [2.45, 2.75) is 33.6 Å². The van der Waals surface area contributed by atoms with Crippen molar-refractivity contribution in [2.75, 3.05) is 39.3 Å². The highest BCUT2D eigenvalue weighted by Crippen LogP contribution is 2.03. The molecule has 1 aliphatic heterocycles. The van der Waals surface area contributed by atoms with Gasteiger partial charge in [-0.1, -0.05) is 20.8 Å². The second-order valence-corrected chi connectivity index (χ2v) is 5.19. The lowest BCUT2D eigenvalue weighted by atomic mass is 10.1. The Labute approximate surface area is 105 Å². The maximum Gasteiger partial charge on any atom is 0.317 e. The van der Waals surface area contributed by atoms with Crippen LogP contribution in [0, 0.1) is 5.92 Å². The molecule has 1 N–H and O–H groups in total. The van der Waals surface area contributed by atoms with Crippen molar-refractivity contribution in [3.05, 3.63) is 0 Å². The SMILES string of the molecule is CCN1CCN(C(=O)NCCCC(C)C)CC1. The minimum Gasteiger partial charge on any atom is -0.338 e. The van der Waals surface area contributed by atoms with Gasteiger partial charge < -0.3 is 15.1 Å². The molecule has 100 valence electrons. The van der Waals surface area contributed by atoms with E-state index in [1.165, 1.54) is 6.42 Å². The van der Waals surface area contributed by atoms with Gasteiger partial charge in [0, 0.05) is 32.7 Å². The molecule has 0 spiro atoms. The van der Waals surface area contributed by atoms with Crippen molar-refractivity contribution >= 4 is 6.03 Å². The number of amides is 2. The van der Waals surface area contributed by atoms with Gasteiger partial charge in [-0.2, -0.15) is 0 Å². The highest BCUT2D eigenvalue weighted by Gasteiger charge is 2.19. The van der Waals surface area contributed by atoms with Crippen LogP contribution in [0.15, 0.2) is 0 Å². The van der Waals surface area contributed by atoms with Gasteiger partial charge in [-0.3, -0.25) is 0 Å². The molecule has 1 aliphatic rings. The summed E-state index contributed by atoms with van der Waals surface area (Å²) in [5, 5.41) is 3.01. The number of rotatable bonds is 5. The summed E-state index contributed by atoms with van der Waals surface area (Å²) in [7, 11) is 0.